The molecule has 1 aromatic heterocycles. The van der Waals surface area contributed by atoms with Gasteiger partial charge in [0.05, 0.1) is 0 Å². The summed E-state index contributed by atoms with van der Waals surface area (Å²) in [5.74, 6) is -0.847. The van der Waals surface area contributed by atoms with Crippen molar-refractivity contribution in [2.75, 3.05) is 0 Å². The molecule has 4 heteroatoms. The third-order valence-electron chi connectivity index (χ3n) is 2.14. The van der Waals surface area contributed by atoms with E-state index in [1.165, 1.54) is 0 Å². The molecular weight excluding hydrogens is 194 g/mol. The van der Waals surface area contributed by atoms with Gasteiger partial charge in [0.1, 0.15) is 6.61 Å². The van der Waals surface area contributed by atoms with E-state index >= 15 is 0 Å². The minimum Gasteiger partial charge on any atom is -0.455 e. The number of rotatable bonds is 3. The Balaban J connectivity index is 2.21. The zero-order chi connectivity index (χ0) is 10.7. The maximum Gasteiger partial charge on any atom is 0.371 e. The lowest BCUT2D eigenvalue weighted by Gasteiger charge is -1.98. The van der Waals surface area contributed by atoms with E-state index in [1.807, 2.05) is 24.3 Å². The fraction of sp³-hybridized carbons (Fsp3) is 0.0909. The van der Waals surface area contributed by atoms with Crippen LogP contribution in [0.2, 0.25) is 0 Å². The first-order chi connectivity index (χ1) is 7.31. The Hall–Kier alpha value is -2.10. The van der Waals surface area contributed by atoms with E-state index in [0.29, 0.717) is 0 Å². The van der Waals surface area contributed by atoms with Crippen molar-refractivity contribution in [3.05, 3.63) is 36.0 Å². The van der Waals surface area contributed by atoms with Crippen LogP contribution in [0.15, 0.2) is 30.5 Å². The summed E-state index contributed by atoms with van der Waals surface area (Å²) in [4.78, 5) is 23.7. The molecule has 1 aromatic carbocycles. The molecule has 0 radical (unpaired) electrons. The van der Waals surface area contributed by atoms with Crippen molar-refractivity contribution < 1.29 is 14.3 Å². The molecule has 0 fully saturated rings. The van der Waals surface area contributed by atoms with E-state index in [2.05, 4.69) is 4.98 Å². The van der Waals surface area contributed by atoms with Gasteiger partial charge in [-0.25, -0.2) is 4.79 Å². The summed E-state index contributed by atoms with van der Waals surface area (Å²) in [6.07, 6.45) is 1.93. The Morgan fingerprint density at radius 2 is 2.20 bits per heavy atom. The fourth-order valence-electron chi connectivity index (χ4n) is 1.43. The SMILES string of the molecule is O=CC(=O)OCc1c[nH]c2ccccc12. The Bertz CT molecular complexity index is 501. The van der Waals surface area contributed by atoms with Crippen LogP contribution in [0, 0.1) is 0 Å². The number of benzene rings is 1. The highest BCUT2D eigenvalue weighted by atomic mass is 16.5. The summed E-state index contributed by atoms with van der Waals surface area (Å²) in [7, 11) is 0. The van der Waals surface area contributed by atoms with Crippen molar-refractivity contribution in [3.63, 3.8) is 0 Å². The fourth-order valence-corrected chi connectivity index (χ4v) is 1.43. The second kappa shape index (κ2) is 3.96. The van der Waals surface area contributed by atoms with Crippen LogP contribution in [0.5, 0.6) is 0 Å². The maximum absolute atomic E-state index is 10.6. The molecule has 0 atom stereocenters. The third-order valence-corrected chi connectivity index (χ3v) is 2.14. The maximum atomic E-state index is 10.6. The topological polar surface area (TPSA) is 59.2 Å². The number of esters is 1. The molecule has 0 aliphatic carbocycles. The summed E-state index contributed by atoms with van der Waals surface area (Å²) in [5, 5.41) is 0.996. The molecular formula is C11H9NO3. The van der Waals surface area contributed by atoms with Gasteiger partial charge in [-0.3, -0.25) is 4.79 Å². The first-order valence-electron chi connectivity index (χ1n) is 4.48. The van der Waals surface area contributed by atoms with Crippen molar-refractivity contribution >= 4 is 23.2 Å². The average Bonchev–Trinajstić information content (AvgIpc) is 2.69. The minimum absolute atomic E-state index is 0.113. The predicted octanol–water partition coefficient (Wildman–Crippen LogP) is 1.41. The number of fused-ring (bicyclic) bond motifs is 1. The standard InChI is InChI=1S/C11H9NO3/c13-6-11(14)15-7-8-5-12-10-4-2-1-3-9(8)10/h1-6,12H,7H2. The molecule has 0 bridgehead atoms. The monoisotopic (exact) mass is 203 g/mol. The molecule has 0 aliphatic heterocycles. The normalized spacial score (nSPS) is 10.1. The van der Waals surface area contributed by atoms with Gasteiger partial charge in [0.2, 0.25) is 6.29 Å². The van der Waals surface area contributed by atoms with E-state index in [-0.39, 0.29) is 12.9 Å². The lowest BCUT2D eigenvalue weighted by Crippen LogP contribution is -2.04. The van der Waals surface area contributed by atoms with E-state index in [1.54, 1.807) is 6.20 Å². The summed E-state index contributed by atoms with van der Waals surface area (Å²) in [6, 6.07) is 7.68. The highest BCUT2D eigenvalue weighted by molar-refractivity contribution is 6.20. The Labute approximate surface area is 85.9 Å². The molecule has 4 nitrogen and oxygen atoms in total. The van der Waals surface area contributed by atoms with Crippen molar-refractivity contribution in [3.8, 4) is 0 Å². The lowest BCUT2D eigenvalue weighted by atomic mass is 10.2. The number of aromatic nitrogens is 1. The van der Waals surface area contributed by atoms with Gasteiger partial charge in [0.15, 0.2) is 0 Å². The van der Waals surface area contributed by atoms with Gasteiger partial charge in [-0.05, 0) is 6.07 Å². The van der Waals surface area contributed by atoms with Crippen LogP contribution in [0.25, 0.3) is 10.9 Å². The Kier molecular flexibility index (Phi) is 2.49. The van der Waals surface area contributed by atoms with Gasteiger partial charge in [-0.15, -0.1) is 0 Å². The molecule has 1 N–H and O–H groups in total. The van der Waals surface area contributed by atoms with Crippen LogP contribution in [0.1, 0.15) is 5.56 Å². The van der Waals surface area contributed by atoms with E-state index in [9.17, 15) is 9.59 Å². The van der Waals surface area contributed by atoms with Crippen LogP contribution in [-0.2, 0) is 20.9 Å². The van der Waals surface area contributed by atoms with Crippen molar-refractivity contribution in [1.82, 2.24) is 4.98 Å². The quantitative estimate of drug-likeness (QED) is 0.466. The predicted molar refractivity (Wildman–Crippen MR) is 54.2 cm³/mol. The first-order valence-corrected chi connectivity index (χ1v) is 4.48. The molecule has 76 valence electrons. The zero-order valence-electron chi connectivity index (χ0n) is 7.90. The molecule has 0 spiro atoms. The highest BCUT2D eigenvalue weighted by Crippen LogP contribution is 2.18. The van der Waals surface area contributed by atoms with Crippen LogP contribution in [0.3, 0.4) is 0 Å². The summed E-state index contributed by atoms with van der Waals surface area (Å²) >= 11 is 0. The third kappa shape index (κ3) is 1.88. The van der Waals surface area contributed by atoms with E-state index in [0.717, 1.165) is 16.5 Å². The van der Waals surface area contributed by atoms with Gasteiger partial charge in [-0.2, -0.15) is 0 Å². The van der Waals surface area contributed by atoms with E-state index in [4.69, 9.17) is 4.74 Å². The molecule has 0 saturated heterocycles. The minimum atomic E-state index is -0.847. The van der Waals surface area contributed by atoms with E-state index < -0.39 is 5.97 Å². The molecule has 2 rings (SSSR count). The molecule has 0 amide bonds. The Morgan fingerprint density at radius 3 is 3.00 bits per heavy atom. The van der Waals surface area contributed by atoms with Crippen LogP contribution in [-0.4, -0.2) is 17.2 Å². The second-order valence-electron chi connectivity index (χ2n) is 3.09. The first kappa shape index (κ1) is 9.45. The number of ether oxygens (including phenoxy) is 1. The van der Waals surface area contributed by atoms with Crippen LogP contribution >= 0.6 is 0 Å². The van der Waals surface area contributed by atoms with Gasteiger partial charge in [-0.1, -0.05) is 18.2 Å². The van der Waals surface area contributed by atoms with Gasteiger partial charge in [0.25, 0.3) is 0 Å². The summed E-state index contributed by atoms with van der Waals surface area (Å²) in [5.41, 5.74) is 1.84. The number of hydrogen-bond donors (Lipinski definition) is 1. The summed E-state index contributed by atoms with van der Waals surface area (Å²) in [6.45, 7) is 0.113. The number of carbonyl (C=O) groups is 2. The van der Waals surface area contributed by atoms with Gasteiger partial charge < -0.3 is 9.72 Å². The number of H-pyrrole nitrogens is 1. The highest BCUT2D eigenvalue weighted by Gasteiger charge is 2.05. The average molecular weight is 203 g/mol. The second-order valence-corrected chi connectivity index (χ2v) is 3.09. The molecule has 0 aliphatic rings. The van der Waals surface area contributed by atoms with Gasteiger partial charge >= 0.3 is 5.97 Å². The smallest absolute Gasteiger partial charge is 0.371 e. The number of aldehydes is 1. The van der Waals surface area contributed by atoms with Crippen molar-refractivity contribution in [2.24, 2.45) is 0 Å². The molecule has 0 unspecified atom stereocenters. The van der Waals surface area contributed by atoms with Crippen LogP contribution in [0.4, 0.5) is 0 Å². The number of carbonyl (C=O) groups excluding carboxylic acids is 2. The summed E-state index contributed by atoms with van der Waals surface area (Å²) < 4.78 is 4.72. The molecule has 2 aromatic rings. The number of para-hydroxylation sites is 1. The van der Waals surface area contributed by atoms with Crippen molar-refractivity contribution in [2.45, 2.75) is 6.61 Å². The van der Waals surface area contributed by atoms with Crippen molar-refractivity contribution in [1.29, 1.82) is 0 Å². The lowest BCUT2D eigenvalue weighted by molar-refractivity contribution is -0.149. The van der Waals surface area contributed by atoms with Gasteiger partial charge in [0, 0.05) is 22.7 Å². The Morgan fingerprint density at radius 1 is 1.40 bits per heavy atom. The zero-order valence-corrected chi connectivity index (χ0v) is 7.90. The van der Waals surface area contributed by atoms with Crippen LogP contribution < -0.4 is 0 Å². The number of aromatic amines is 1. The molecule has 15 heavy (non-hydrogen) atoms. The molecule has 0 saturated carbocycles. The molecule has 1 heterocycles. The largest absolute Gasteiger partial charge is 0.455 e. The number of nitrogens with one attached hydrogen (secondary N) is 1. The number of hydrogen-bond acceptors (Lipinski definition) is 3.